The van der Waals surface area contributed by atoms with Gasteiger partial charge < -0.3 is 19.3 Å². The second-order valence-corrected chi connectivity index (χ2v) is 6.82. The van der Waals surface area contributed by atoms with Crippen LogP contribution in [-0.4, -0.2) is 76.6 Å². The van der Waals surface area contributed by atoms with Crippen LogP contribution in [0.4, 0.5) is 23.8 Å². The van der Waals surface area contributed by atoms with Gasteiger partial charge >= 0.3 is 12.3 Å². The third kappa shape index (κ3) is 4.47. The highest BCUT2D eigenvalue weighted by Crippen LogP contribution is 2.31. The molecular weight excluding hydrogens is 417 g/mol. The van der Waals surface area contributed by atoms with Gasteiger partial charge in [-0.1, -0.05) is 0 Å². The Morgan fingerprint density at radius 1 is 1.16 bits per heavy atom. The highest BCUT2D eigenvalue weighted by Gasteiger charge is 2.31. The van der Waals surface area contributed by atoms with E-state index in [4.69, 9.17) is 9.72 Å². The molecule has 1 saturated heterocycles. The number of piperazine rings is 1. The van der Waals surface area contributed by atoms with Crippen molar-refractivity contribution in [1.82, 2.24) is 24.5 Å². The molecule has 4 heterocycles. The molecule has 3 aromatic heterocycles. The summed E-state index contributed by atoms with van der Waals surface area (Å²) in [6.45, 7) is -0.321. The molecule has 0 N–H and O–H groups in total. The molecule has 12 heteroatoms. The van der Waals surface area contributed by atoms with Gasteiger partial charge in [-0.15, -0.1) is 0 Å². The molecule has 0 bridgehead atoms. The Kier molecular flexibility index (Phi) is 5.53. The second kappa shape index (κ2) is 8.28. The zero-order valence-corrected chi connectivity index (χ0v) is 16.5. The van der Waals surface area contributed by atoms with Crippen LogP contribution >= 0.6 is 0 Å². The van der Waals surface area contributed by atoms with Crippen LogP contribution < -0.4 is 9.64 Å². The van der Waals surface area contributed by atoms with Crippen LogP contribution in [0.2, 0.25) is 0 Å². The first-order chi connectivity index (χ1) is 14.9. The van der Waals surface area contributed by atoms with Crippen molar-refractivity contribution in [2.24, 2.45) is 0 Å². The Balaban J connectivity index is 1.49. The average molecular weight is 436 g/mol. The van der Waals surface area contributed by atoms with Crippen LogP contribution in [0.25, 0.3) is 16.8 Å². The first-order valence-corrected chi connectivity index (χ1v) is 9.43. The van der Waals surface area contributed by atoms with E-state index >= 15 is 0 Å². The molecule has 31 heavy (non-hydrogen) atoms. The van der Waals surface area contributed by atoms with Crippen molar-refractivity contribution >= 4 is 17.6 Å². The number of halogens is 3. The Bertz CT molecular complexity index is 1080. The lowest BCUT2D eigenvalue weighted by Crippen LogP contribution is -2.49. The van der Waals surface area contributed by atoms with E-state index < -0.39 is 18.9 Å². The van der Waals surface area contributed by atoms with Crippen LogP contribution in [0.3, 0.4) is 0 Å². The molecule has 0 aromatic carbocycles. The van der Waals surface area contributed by atoms with Gasteiger partial charge in [-0.3, -0.25) is 0 Å². The molecule has 0 aliphatic carbocycles. The third-order valence-electron chi connectivity index (χ3n) is 4.83. The number of hydrogen-bond acceptors (Lipinski definition) is 7. The van der Waals surface area contributed by atoms with Gasteiger partial charge in [0.05, 0.1) is 18.9 Å². The minimum Gasteiger partial charge on any atom is -0.481 e. The zero-order valence-electron chi connectivity index (χ0n) is 16.5. The molecule has 1 amide bonds. The highest BCUT2D eigenvalue weighted by molar-refractivity contribution is 5.80. The highest BCUT2D eigenvalue weighted by atomic mass is 19.4. The molecule has 9 nitrogen and oxygen atoms in total. The topological polar surface area (TPSA) is 85.1 Å². The van der Waals surface area contributed by atoms with Crippen molar-refractivity contribution < 1.29 is 27.4 Å². The van der Waals surface area contributed by atoms with Gasteiger partial charge in [0.2, 0.25) is 5.88 Å². The number of carbonyl (C=O) groups is 1. The van der Waals surface area contributed by atoms with Gasteiger partial charge in [0.25, 0.3) is 0 Å². The molecular formula is C19H19F3N6O3. The van der Waals surface area contributed by atoms with Crippen LogP contribution in [0.1, 0.15) is 0 Å². The van der Waals surface area contributed by atoms with E-state index in [2.05, 4.69) is 14.8 Å². The number of methoxy groups -OCH3 is 1. The molecule has 164 valence electrons. The number of anilines is 1. The molecule has 0 unspecified atom stereocenters. The van der Waals surface area contributed by atoms with Gasteiger partial charge in [0, 0.05) is 44.1 Å². The molecule has 1 fully saturated rings. The van der Waals surface area contributed by atoms with Gasteiger partial charge in [0.1, 0.15) is 5.82 Å². The number of alkyl halides is 3. The van der Waals surface area contributed by atoms with Crippen molar-refractivity contribution in [3.8, 4) is 17.0 Å². The summed E-state index contributed by atoms with van der Waals surface area (Å²) >= 11 is 0. The fourth-order valence-corrected chi connectivity index (χ4v) is 3.34. The van der Waals surface area contributed by atoms with Crippen molar-refractivity contribution in [3.05, 3.63) is 36.8 Å². The van der Waals surface area contributed by atoms with E-state index in [9.17, 15) is 18.0 Å². The summed E-state index contributed by atoms with van der Waals surface area (Å²) in [5, 5.41) is 4.32. The normalized spacial score (nSPS) is 14.7. The largest absolute Gasteiger partial charge is 0.481 e. The van der Waals surface area contributed by atoms with Crippen LogP contribution in [-0.2, 0) is 4.74 Å². The number of nitrogens with zero attached hydrogens (tertiary/aromatic N) is 6. The molecule has 0 saturated carbocycles. The summed E-state index contributed by atoms with van der Waals surface area (Å²) in [7, 11) is 1.54. The van der Waals surface area contributed by atoms with E-state index in [0.717, 1.165) is 11.1 Å². The molecule has 3 aromatic rings. The summed E-state index contributed by atoms with van der Waals surface area (Å²) < 4.78 is 48.0. The summed E-state index contributed by atoms with van der Waals surface area (Å²) in [5.41, 5.74) is 2.11. The van der Waals surface area contributed by atoms with Gasteiger partial charge in [0.15, 0.2) is 12.3 Å². The Morgan fingerprint density at radius 2 is 1.94 bits per heavy atom. The van der Waals surface area contributed by atoms with E-state index in [1.165, 1.54) is 12.0 Å². The molecule has 1 aliphatic rings. The lowest BCUT2D eigenvalue weighted by molar-refractivity contribution is -0.162. The number of hydrogen-bond donors (Lipinski definition) is 0. The Morgan fingerprint density at radius 3 is 2.65 bits per heavy atom. The van der Waals surface area contributed by atoms with Crippen molar-refractivity contribution in [2.45, 2.75) is 6.18 Å². The summed E-state index contributed by atoms with van der Waals surface area (Å²) in [6.07, 6.45) is -0.432. The van der Waals surface area contributed by atoms with Crippen molar-refractivity contribution in [3.63, 3.8) is 0 Å². The van der Waals surface area contributed by atoms with E-state index in [0.29, 0.717) is 30.4 Å². The molecule has 0 radical (unpaired) electrons. The van der Waals surface area contributed by atoms with Gasteiger partial charge in [-0.05, 0) is 18.2 Å². The van der Waals surface area contributed by atoms with Crippen LogP contribution in [0.5, 0.6) is 5.88 Å². The predicted octanol–water partition coefficient (Wildman–Crippen LogP) is 2.62. The lowest BCUT2D eigenvalue weighted by Gasteiger charge is -2.34. The van der Waals surface area contributed by atoms with Crippen molar-refractivity contribution in [1.29, 1.82) is 0 Å². The molecule has 1 aliphatic heterocycles. The number of ether oxygens (including phenoxy) is 2. The molecule has 0 atom stereocenters. The summed E-state index contributed by atoms with van der Waals surface area (Å²) in [4.78, 5) is 24.0. The lowest BCUT2D eigenvalue weighted by atomic mass is 10.1. The minimum atomic E-state index is -4.54. The second-order valence-electron chi connectivity index (χ2n) is 6.82. The smallest absolute Gasteiger partial charge is 0.422 e. The van der Waals surface area contributed by atoms with Crippen LogP contribution in [0.15, 0.2) is 36.8 Å². The maximum Gasteiger partial charge on any atom is 0.422 e. The summed E-state index contributed by atoms with van der Waals surface area (Å²) in [6, 6.07) is 5.45. The Hall–Kier alpha value is -3.57. The third-order valence-corrected chi connectivity index (χ3v) is 4.83. The number of rotatable bonds is 4. The fraction of sp³-hybridized carbons (Fsp3) is 0.368. The molecule has 4 rings (SSSR count). The van der Waals surface area contributed by atoms with E-state index in [-0.39, 0.29) is 13.1 Å². The maximum atomic E-state index is 12.2. The van der Waals surface area contributed by atoms with Crippen molar-refractivity contribution in [2.75, 3.05) is 44.8 Å². The quantitative estimate of drug-likeness (QED) is 0.622. The number of carbonyl (C=O) groups excluding carboxylic acids is 1. The number of aromatic nitrogens is 4. The number of amides is 1. The van der Waals surface area contributed by atoms with Crippen LogP contribution in [0, 0.1) is 0 Å². The number of fused-ring (bicyclic) bond motifs is 1. The number of pyridine rings is 1. The minimum absolute atomic E-state index is 0.228. The first-order valence-electron chi connectivity index (χ1n) is 9.43. The zero-order chi connectivity index (χ0) is 22.0. The standard InChI is InChI=1S/C19H19F3N6O3/c1-30-17-13(3-2-5-23-17)14-11-24-28-6-4-15(25-16(14)28)26-7-9-27(10-8-26)18(29)31-12-19(20,21)22/h2-6,11H,7-10,12H2,1H3. The summed E-state index contributed by atoms with van der Waals surface area (Å²) in [5.74, 6) is 1.12. The SMILES string of the molecule is COc1ncccc1-c1cnn2ccc(N3CCN(C(=O)OCC(F)(F)F)CC3)nc12. The van der Waals surface area contributed by atoms with E-state index in [1.54, 1.807) is 35.2 Å². The average Bonchev–Trinajstić information content (AvgIpc) is 3.20. The first kappa shape index (κ1) is 20.7. The monoisotopic (exact) mass is 436 g/mol. The Labute approximate surface area is 175 Å². The van der Waals surface area contributed by atoms with Gasteiger partial charge in [-0.2, -0.15) is 18.3 Å². The van der Waals surface area contributed by atoms with E-state index in [1.807, 2.05) is 11.0 Å². The fourth-order valence-electron chi connectivity index (χ4n) is 3.34. The maximum absolute atomic E-state index is 12.2. The van der Waals surface area contributed by atoms with Gasteiger partial charge in [-0.25, -0.2) is 19.3 Å². The molecule has 0 spiro atoms. The predicted molar refractivity (Wildman–Crippen MR) is 104 cm³/mol.